The summed E-state index contributed by atoms with van der Waals surface area (Å²) in [5.41, 5.74) is 8.11. The second-order valence-corrected chi connectivity index (χ2v) is 3.74. The molecule has 2 atom stereocenters. The number of ether oxygens (including phenoxy) is 1. The summed E-state index contributed by atoms with van der Waals surface area (Å²) in [5, 5.41) is 9.62. The third-order valence-electron chi connectivity index (χ3n) is 2.81. The van der Waals surface area contributed by atoms with Gasteiger partial charge in [0.05, 0.1) is 13.2 Å². The number of hydrogen-bond donors (Lipinski definition) is 2. The van der Waals surface area contributed by atoms with Crippen LogP contribution >= 0.6 is 0 Å². The molecule has 3 nitrogen and oxygen atoms in total. The highest BCUT2D eigenvalue weighted by Gasteiger charge is 2.25. The summed E-state index contributed by atoms with van der Waals surface area (Å²) < 4.78 is 5.26. The highest BCUT2D eigenvalue weighted by atomic mass is 16.5. The standard InChI is InChI=1S/C11H15NO2/c1-14-11-4-2-3-7-5-10(13)9(12)6-8(7)11/h2-4,9-10,13H,5-6,12H2,1H3. The van der Waals surface area contributed by atoms with Crippen LogP contribution in [0.5, 0.6) is 5.75 Å². The number of methoxy groups -OCH3 is 1. The third-order valence-corrected chi connectivity index (χ3v) is 2.81. The number of rotatable bonds is 1. The zero-order valence-corrected chi connectivity index (χ0v) is 8.23. The second-order valence-electron chi connectivity index (χ2n) is 3.74. The number of aliphatic hydroxyl groups excluding tert-OH is 1. The second kappa shape index (κ2) is 3.59. The predicted octanol–water partition coefficient (Wildman–Crippen LogP) is 0.482. The van der Waals surface area contributed by atoms with E-state index in [1.807, 2.05) is 18.2 Å². The molecule has 0 spiro atoms. The molecule has 14 heavy (non-hydrogen) atoms. The van der Waals surface area contributed by atoms with Crippen molar-refractivity contribution >= 4 is 0 Å². The van der Waals surface area contributed by atoms with Crippen molar-refractivity contribution in [1.29, 1.82) is 0 Å². The minimum atomic E-state index is -0.422. The molecule has 1 aromatic carbocycles. The molecule has 0 saturated heterocycles. The van der Waals surface area contributed by atoms with Crippen LogP contribution in [-0.4, -0.2) is 24.4 Å². The van der Waals surface area contributed by atoms with Crippen molar-refractivity contribution in [3.8, 4) is 5.75 Å². The average molecular weight is 193 g/mol. The van der Waals surface area contributed by atoms with Gasteiger partial charge in [0, 0.05) is 12.5 Å². The highest BCUT2D eigenvalue weighted by molar-refractivity contribution is 5.43. The topological polar surface area (TPSA) is 55.5 Å². The Bertz CT molecular complexity index is 338. The van der Waals surface area contributed by atoms with Crippen molar-refractivity contribution in [2.45, 2.75) is 25.0 Å². The van der Waals surface area contributed by atoms with Crippen molar-refractivity contribution in [2.75, 3.05) is 7.11 Å². The van der Waals surface area contributed by atoms with Crippen LogP contribution < -0.4 is 10.5 Å². The van der Waals surface area contributed by atoms with Crippen LogP contribution in [0.2, 0.25) is 0 Å². The maximum absolute atomic E-state index is 9.62. The molecule has 0 bridgehead atoms. The Morgan fingerprint density at radius 2 is 2.21 bits per heavy atom. The molecule has 2 unspecified atom stereocenters. The molecule has 0 amide bonds. The minimum absolute atomic E-state index is 0.168. The smallest absolute Gasteiger partial charge is 0.122 e. The fourth-order valence-corrected chi connectivity index (χ4v) is 1.97. The Labute approximate surface area is 83.5 Å². The first-order chi connectivity index (χ1) is 6.72. The molecule has 0 heterocycles. The summed E-state index contributed by atoms with van der Waals surface area (Å²) in [5.74, 6) is 0.879. The van der Waals surface area contributed by atoms with Crippen molar-refractivity contribution in [1.82, 2.24) is 0 Å². The Balaban J connectivity index is 2.41. The highest BCUT2D eigenvalue weighted by Crippen LogP contribution is 2.28. The van der Waals surface area contributed by atoms with E-state index in [-0.39, 0.29) is 6.04 Å². The van der Waals surface area contributed by atoms with Crippen molar-refractivity contribution in [3.05, 3.63) is 29.3 Å². The maximum atomic E-state index is 9.62. The molecular weight excluding hydrogens is 178 g/mol. The summed E-state index contributed by atoms with van der Waals surface area (Å²) in [7, 11) is 1.66. The molecule has 3 heteroatoms. The molecule has 1 aromatic rings. The van der Waals surface area contributed by atoms with E-state index < -0.39 is 6.10 Å². The van der Waals surface area contributed by atoms with E-state index in [0.29, 0.717) is 12.8 Å². The molecule has 76 valence electrons. The molecule has 1 aliphatic carbocycles. The fraction of sp³-hybridized carbons (Fsp3) is 0.455. The first-order valence-electron chi connectivity index (χ1n) is 4.80. The lowest BCUT2D eigenvalue weighted by molar-refractivity contribution is 0.136. The summed E-state index contributed by atoms with van der Waals surface area (Å²) >= 11 is 0. The molecule has 2 rings (SSSR count). The molecule has 3 N–H and O–H groups in total. The van der Waals surface area contributed by atoms with E-state index in [1.54, 1.807) is 7.11 Å². The number of benzene rings is 1. The quantitative estimate of drug-likeness (QED) is 0.682. The average Bonchev–Trinajstić information content (AvgIpc) is 2.19. The van der Waals surface area contributed by atoms with Gasteiger partial charge < -0.3 is 15.6 Å². The van der Waals surface area contributed by atoms with Gasteiger partial charge in [-0.25, -0.2) is 0 Å². The Kier molecular flexibility index (Phi) is 2.44. The van der Waals surface area contributed by atoms with E-state index in [1.165, 1.54) is 0 Å². The van der Waals surface area contributed by atoms with Gasteiger partial charge >= 0.3 is 0 Å². The maximum Gasteiger partial charge on any atom is 0.122 e. The molecule has 0 aliphatic heterocycles. The van der Waals surface area contributed by atoms with Crippen LogP contribution in [-0.2, 0) is 12.8 Å². The lowest BCUT2D eigenvalue weighted by Gasteiger charge is -2.27. The molecular formula is C11H15NO2. The number of nitrogens with two attached hydrogens (primary N) is 1. The van der Waals surface area contributed by atoms with E-state index >= 15 is 0 Å². The Morgan fingerprint density at radius 1 is 1.43 bits per heavy atom. The Morgan fingerprint density at radius 3 is 2.93 bits per heavy atom. The van der Waals surface area contributed by atoms with Gasteiger partial charge in [-0.3, -0.25) is 0 Å². The van der Waals surface area contributed by atoms with Gasteiger partial charge in [0.1, 0.15) is 5.75 Å². The van der Waals surface area contributed by atoms with Crippen LogP contribution in [0.3, 0.4) is 0 Å². The number of hydrogen-bond acceptors (Lipinski definition) is 3. The van der Waals surface area contributed by atoms with Crippen molar-refractivity contribution < 1.29 is 9.84 Å². The van der Waals surface area contributed by atoms with Gasteiger partial charge in [-0.2, -0.15) is 0 Å². The molecule has 0 fully saturated rings. The van der Waals surface area contributed by atoms with Gasteiger partial charge in [-0.05, 0) is 23.6 Å². The van der Waals surface area contributed by atoms with Gasteiger partial charge in [0.25, 0.3) is 0 Å². The summed E-state index contributed by atoms with van der Waals surface area (Å²) in [6.45, 7) is 0. The normalized spacial score (nSPS) is 25.6. The zero-order chi connectivity index (χ0) is 10.1. The van der Waals surface area contributed by atoms with E-state index in [9.17, 15) is 5.11 Å². The van der Waals surface area contributed by atoms with Gasteiger partial charge in [0.2, 0.25) is 0 Å². The molecule has 0 aromatic heterocycles. The van der Waals surface area contributed by atoms with Crippen LogP contribution in [0.25, 0.3) is 0 Å². The zero-order valence-electron chi connectivity index (χ0n) is 8.23. The lowest BCUT2D eigenvalue weighted by atomic mass is 9.86. The van der Waals surface area contributed by atoms with Gasteiger partial charge in [-0.1, -0.05) is 12.1 Å². The SMILES string of the molecule is COc1cccc2c1CC(N)C(O)C2. The van der Waals surface area contributed by atoms with Gasteiger partial charge in [-0.15, -0.1) is 0 Å². The Hall–Kier alpha value is -1.06. The van der Waals surface area contributed by atoms with Crippen LogP contribution in [0.4, 0.5) is 0 Å². The van der Waals surface area contributed by atoms with E-state index in [2.05, 4.69) is 0 Å². The monoisotopic (exact) mass is 193 g/mol. The minimum Gasteiger partial charge on any atom is -0.496 e. The first-order valence-corrected chi connectivity index (χ1v) is 4.80. The summed E-state index contributed by atoms with van der Waals surface area (Å²) in [4.78, 5) is 0. The summed E-state index contributed by atoms with van der Waals surface area (Å²) in [6, 6.07) is 5.73. The lowest BCUT2D eigenvalue weighted by Crippen LogP contribution is -2.41. The molecule has 1 aliphatic rings. The van der Waals surface area contributed by atoms with Crippen molar-refractivity contribution in [3.63, 3.8) is 0 Å². The predicted molar refractivity (Wildman–Crippen MR) is 54.4 cm³/mol. The van der Waals surface area contributed by atoms with Crippen LogP contribution in [0.15, 0.2) is 18.2 Å². The largest absolute Gasteiger partial charge is 0.496 e. The molecule has 0 saturated carbocycles. The fourth-order valence-electron chi connectivity index (χ4n) is 1.97. The van der Waals surface area contributed by atoms with Crippen LogP contribution in [0.1, 0.15) is 11.1 Å². The van der Waals surface area contributed by atoms with E-state index in [0.717, 1.165) is 16.9 Å². The van der Waals surface area contributed by atoms with Crippen molar-refractivity contribution in [2.24, 2.45) is 5.73 Å². The number of fused-ring (bicyclic) bond motifs is 1. The third kappa shape index (κ3) is 1.49. The van der Waals surface area contributed by atoms with Gasteiger partial charge in [0.15, 0.2) is 0 Å². The van der Waals surface area contributed by atoms with E-state index in [4.69, 9.17) is 10.5 Å². The molecule has 0 radical (unpaired) electrons. The van der Waals surface area contributed by atoms with Crippen LogP contribution in [0, 0.1) is 0 Å². The number of aliphatic hydroxyl groups is 1. The summed E-state index contributed by atoms with van der Waals surface area (Å²) in [6.07, 6.45) is 0.906. The first kappa shape index (κ1) is 9.49.